The number of hydrogen-bond acceptors (Lipinski definition) is 6. The lowest BCUT2D eigenvalue weighted by molar-refractivity contribution is -0.140. The van der Waals surface area contributed by atoms with Crippen LogP contribution < -0.4 is 30.3 Å². The number of carbonyl (C=O) groups excluding carboxylic acids is 2. The maximum atomic E-state index is 13.5. The summed E-state index contributed by atoms with van der Waals surface area (Å²) in [7, 11) is 2.81. The van der Waals surface area contributed by atoms with E-state index in [0.29, 0.717) is 52.5 Å². The molecular weight excluding hydrogens is 780 g/mol. The molecular formula is C38H37Cl2F7N4O4. The smallest absolute Gasteiger partial charge is 0.419 e. The van der Waals surface area contributed by atoms with Crippen LogP contribution in [-0.2, 0) is 12.4 Å². The molecule has 0 atom stereocenters. The molecule has 0 aliphatic carbocycles. The number of alkyl halides is 6. The van der Waals surface area contributed by atoms with Gasteiger partial charge in [0.15, 0.2) is 0 Å². The first-order chi connectivity index (χ1) is 26.0. The van der Waals surface area contributed by atoms with Crippen molar-refractivity contribution in [1.82, 2.24) is 5.32 Å². The van der Waals surface area contributed by atoms with Crippen LogP contribution in [0.1, 0.15) is 57.5 Å². The number of halogens is 9. The van der Waals surface area contributed by atoms with Gasteiger partial charge in [-0.3, -0.25) is 9.59 Å². The Morgan fingerprint density at radius 3 is 1.53 bits per heavy atom. The summed E-state index contributed by atoms with van der Waals surface area (Å²) < 4.78 is 102. The lowest BCUT2D eigenvalue weighted by Crippen LogP contribution is -2.23. The Kier molecular flexibility index (Phi) is 15.0. The van der Waals surface area contributed by atoms with Gasteiger partial charge in [0.2, 0.25) is 0 Å². The summed E-state index contributed by atoms with van der Waals surface area (Å²) >= 11 is 11.8. The van der Waals surface area contributed by atoms with E-state index in [4.69, 9.17) is 32.7 Å². The summed E-state index contributed by atoms with van der Waals surface area (Å²) in [5, 5.41) is 8.86. The highest BCUT2D eigenvalue weighted by Gasteiger charge is 2.36. The molecule has 4 aromatic carbocycles. The monoisotopic (exact) mass is 816 g/mol. The second-order valence-corrected chi connectivity index (χ2v) is 13.0. The first-order valence-electron chi connectivity index (χ1n) is 16.8. The summed E-state index contributed by atoms with van der Waals surface area (Å²) in [4.78, 5) is 26.2. The average Bonchev–Trinajstić information content (AvgIpc) is 3.91. The van der Waals surface area contributed by atoms with Gasteiger partial charge in [0.25, 0.3) is 11.8 Å². The van der Waals surface area contributed by atoms with Crippen LogP contribution in [0.2, 0.25) is 10.0 Å². The van der Waals surface area contributed by atoms with Gasteiger partial charge in [-0.1, -0.05) is 23.2 Å². The van der Waals surface area contributed by atoms with Crippen molar-refractivity contribution in [3.05, 3.63) is 111 Å². The molecule has 0 radical (unpaired) electrons. The Hall–Kier alpha value is -4.73. The van der Waals surface area contributed by atoms with Crippen LogP contribution in [-0.4, -0.2) is 52.2 Å². The average molecular weight is 818 g/mol. The minimum atomic E-state index is -4.89. The predicted octanol–water partition coefficient (Wildman–Crippen LogP) is 10.3. The molecule has 0 unspecified atom stereocenters. The van der Waals surface area contributed by atoms with Crippen LogP contribution in [0.15, 0.2) is 72.8 Å². The van der Waals surface area contributed by atoms with E-state index in [1.165, 1.54) is 82.6 Å². The van der Waals surface area contributed by atoms with Gasteiger partial charge in [0, 0.05) is 53.4 Å². The van der Waals surface area contributed by atoms with Crippen molar-refractivity contribution < 1.29 is 49.8 Å². The largest absolute Gasteiger partial charge is 0.495 e. The van der Waals surface area contributed by atoms with E-state index in [9.17, 15) is 40.3 Å². The van der Waals surface area contributed by atoms with Gasteiger partial charge in [-0.2, -0.15) is 26.3 Å². The fourth-order valence-electron chi connectivity index (χ4n) is 5.53. The van der Waals surface area contributed by atoms with Gasteiger partial charge in [0.1, 0.15) is 17.3 Å². The zero-order chi connectivity index (χ0) is 40.3. The summed E-state index contributed by atoms with van der Waals surface area (Å²) in [6.07, 6.45) is -4.93. The Balaban J connectivity index is 0.000000219. The van der Waals surface area contributed by atoms with E-state index in [-0.39, 0.29) is 22.5 Å². The molecule has 2 heterocycles. The summed E-state index contributed by atoms with van der Waals surface area (Å²) in [5.74, 6) is -2.26. The number of carbonyl (C=O) groups is 2. The number of benzene rings is 4. The molecule has 2 saturated heterocycles. The zero-order valence-electron chi connectivity index (χ0n) is 29.6. The normalized spacial score (nSPS) is 13.9. The number of hydrogen-bond donors (Lipinski definition) is 3. The van der Waals surface area contributed by atoms with Crippen LogP contribution in [0, 0.1) is 5.82 Å². The van der Waals surface area contributed by atoms with Gasteiger partial charge in [-0.05, 0) is 99.4 Å². The number of nitrogens with one attached hydrogen (secondary N) is 3. The lowest BCUT2D eigenvalue weighted by Gasteiger charge is -2.23. The molecule has 2 aliphatic heterocycles. The van der Waals surface area contributed by atoms with Crippen molar-refractivity contribution in [2.24, 2.45) is 0 Å². The van der Waals surface area contributed by atoms with Crippen LogP contribution in [0.25, 0.3) is 0 Å². The highest BCUT2D eigenvalue weighted by molar-refractivity contribution is 6.32. The fourth-order valence-corrected chi connectivity index (χ4v) is 5.92. The molecule has 2 amide bonds. The minimum absolute atomic E-state index is 0.0702. The lowest BCUT2D eigenvalue weighted by atomic mass is 10.1. The molecule has 296 valence electrons. The molecule has 0 bridgehead atoms. The molecule has 4 aromatic rings. The van der Waals surface area contributed by atoms with E-state index in [1.807, 2.05) is 0 Å². The molecule has 17 heteroatoms. The van der Waals surface area contributed by atoms with Crippen molar-refractivity contribution in [1.29, 1.82) is 0 Å². The molecule has 6 rings (SSSR count). The number of nitrogens with zero attached hydrogens (tertiary/aromatic N) is 1. The quantitative estimate of drug-likeness (QED) is 0.161. The number of anilines is 3. The summed E-state index contributed by atoms with van der Waals surface area (Å²) in [6, 6.07) is 14.6. The number of ether oxygens (including phenoxy) is 2. The third-order valence-corrected chi connectivity index (χ3v) is 8.94. The SMILES string of the molecule is C1CCNC1.COc1cc(NC(=O)c2ccc(F)c(C(F)(F)F)c2)ccc1Cl.COc1cc(NC(=O)c2ccc(N3CCCC3)c(C(F)(F)F)c2)ccc1Cl. The maximum absolute atomic E-state index is 13.5. The molecule has 2 aliphatic rings. The fraction of sp³-hybridized carbons (Fsp3) is 0.316. The zero-order valence-corrected chi connectivity index (χ0v) is 31.1. The predicted molar refractivity (Wildman–Crippen MR) is 198 cm³/mol. The third-order valence-electron chi connectivity index (χ3n) is 8.32. The molecule has 2 fully saturated rings. The number of rotatable bonds is 7. The second-order valence-electron chi connectivity index (χ2n) is 12.2. The van der Waals surface area contributed by atoms with Crippen LogP contribution in [0.3, 0.4) is 0 Å². The van der Waals surface area contributed by atoms with Crippen molar-refractivity contribution >= 4 is 52.1 Å². The van der Waals surface area contributed by atoms with Gasteiger partial charge >= 0.3 is 12.4 Å². The van der Waals surface area contributed by atoms with E-state index in [0.717, 1.165) is 25.0 Å². The molecule has 0 spiro atoms. The standard InChI is InChI=1S/C19H18ClF3N2O2.C15H10ClF4NO2.C4H9N/c1-27-17-11-13(5-6-15(17)20)24-18(26)12-4-7-16(25-8-2-3-9-25)14(10-12)19(21,22)23;1-23-13-7-9(3-4-11(13)16)21-14(22)8-2-5-12(17)10(6-8)15(18,19)20;1-2-4-5-3-1/h4-7,10-11H,2-3,8-9H2,1H3,(H,24,26);2-7H,1H3,(H,21,22);5H,1-4H2. The molecule has 0 aromatic heterocycles. The van der Waals surface area contributed by atoms with E-state index in [2.05, 4.69) is 16.0 Å². The Labute approximate surface area is 322 Å². The Morgan fingerprint density at radius 2 is 1.11 bits per heavy atom. The van der Waals surface area contributed by atoms with Gasteiger partial charge in [-0.15, -0.1) is 0 Å². The van der Waals surface area contributed by atoms with Gasteiger partial charge in [-0.25, -0.2) is 4.39 Å². The van der Waals surface area contributed by atoms with E-state index < -0.39 is 41.1 Å². The van der Waals surface area contributed by atoms with Gasteiger partial charge < -0.3 is 30.3 Å². The Morgan fingerprint density at radius 1 is 0.655 bits per heavy atom. The molecule has 55 heavy (non-hydrogen) atoms. The minimum Gasteiger partial charge on any atom is -0.495 e. The van der Waals surface area contributed by atoms with Crippen molar-refractivity contribution in [2.75, 3.05) is 55.9 Å². The third kappa shape index (κ3) is 12.1. The van der Waals surface area contributed by atoms with Crippen molar-refractivity contribution in [3.8, 4) is 11.5 Å². The highest BCUT2D eigenvalue weighted by Crippen LogP contribution is 2.39. The first-order valence-corrected chi connectivity index (χ1v) is 17.6. The van der Waals surface area contributed by atoms with Crippen LogP contribution in [0.5, 0.6) is 11.5 Å². The highest BCUT2D eigenvalue weighted by atomic mass is 35.5. The molecule has 3 N–H and O–H groups in total. The number of amides is 2. The van der Waals surface area contributed by atoms with Crippen molar-refractivity contribution in [3.63, 3.8) is 0 Å². The van der Waals surface area contributed by atoms with Gasteiger partial charge in [0.05, 0.1) is 35.4 Å². The topological polar surface area (TPSA) is 91.9 Å². The summed E-state index contributed by atoms with van der Waals surface area (Å²) in [5.41, 5.74) is -1.94. The van der Waals surface area contributed by atoms with Crippen LogP contribution in [0.4, 0.5) is 47.8 Å². The summed E-state index contributed by atoms with van der Waals surface area (Å²) in [6.45, 7) is 3.67. The van der Waals surface area contributed by atoms with E-state index in [1.54, 1.807) is 11.0 Å². The van der Waals surface area contributed by atoms with Crippen molar-refractivity contribution in [2.45, 2.75) is 38.0 Å². The number of methoxy groups -OCH3 is 2. The first kappa shape index (κ1) is 43.0. The maximum Gasteiger partial charge on any atom is 0.419 e. The van der Waals surface area contributed by atoms with Crippen LogP contribution >= 0.6 is 23.2 Å². The molecule has 0 saturated carbocycles. The Bertz CT molecular complexity index is 1940. The van der Waals surface area contributed by atoms with E-state index >= 15 is 0 Å². The second kappa shape index (κ2) is 19.2. The molecule has 8 nitrogen and oxygen atoms in total.